The van der Waals surface area contributed by atoms with Crippen molar-refractivity contribution < 1.29 is 0 Å². The molecule has 1 N–H and O–H groups in total. The Morgan fingerprint density at radius 2 is 2.08 bits per heavy atom. The number of nitrogens with one attached hydrogen (secondary N) is 1. The average Bonchev–Trinajstić information content (AvgIpc) is 3.33. The van der Waals surface area contributed by atoms with E-state index in [0.717, 1.165) is 42.6 Å². The number of fused-ring (bicyclic) bond motifs is 1. The monoisotopic (exact) mass is 357 g/mol. The van der Waals surface area contributed by atoms with Crippen molar-refractivity contribution in [2.45, 2.75) is 52.6 Å². The van der Waals surface area contributed by atoms with E-state index in [2.05, 4.69) is 28.7 Å². The second kappa shape index (κ2) is 7.16. The summed E-state index contributed by atoms with van der Waals surface area (Å²) < 4.78 is 1.52. The standard InChI is InChI=1S/C20H31N5O/c1-14(2)18-13-23(7-4-8-24(18)11-16-5-6-16)12-17-10-20(26)25-19(21-17)9-15(3)22-25/h9-10,14,16,18,22H,4-8,11-13H2,1-3H3/t18-/m0/s1. The van der Waals surface area contributed by atoms with E-state index in [4.69, 9.17) is 4.98 Å². The number of aromatic nitrogens is 3. The van der Waals surface area contributed by atoms with Crippen LogP contribution in [0.5, 0.6) is 0 Å². The van der Waals surface area contributed by atoms with Gasteiger partial charge < -0.3 is 0 Å². The Kier molecular flexibility index (Phi) is 4.88. The largest absolute Gasteiger partial charge is 0.299 e. The Bertz CT molecular complexity index is 819. The van der Waals surface area contributed by atoms with Crippen LogP contribution >= 0.6 is 0 Å². The zero-order chi connectivity index (χ0) is 18.3. The molecule has 1 aliphatic carbocycles. The number of aromatic amines is 1. The topological polar surface area (TPSA) is 56.6 Å². The normalized spacial score (nSPS) is 23.0. The third-order valence-electron chi connectivity index (χ3n) is 5.81. The molecule has 0 amide bonds. The molecule has 6 nitrogen and oxygen atoms in total. The Balaban J connectivity index is 1.51. The summed E-state index contributed by atoms with van der Waals surface area (Å²) >= 11 is 0. The number of hydrogen-bond acceptors (Lipinski definition) is 4. The summed E-state index contributed by atoms with van der Waals surface area (Å²) in [5, 5.41) is 3.04. The van der Waals surface area contributed by atoms with Crippen molar-refractivity contribution in [3.63, 3.8) is 0 Å². The maximum absolute atomic E-state index is 12.3. The Morgan fingerprint density at radius 3 is 2.81 bits per heavy atom. The van der Waals surface area contributed by atoms with E-state index < -0.39 is 0 Å². The summed E-state index contributed by atoms with van der Waals surface area (Å²) in [4.78, 5) is 22.3. The number of H-pyrrole nitrogens is 1. The van der Waals surface area contributed by atoms with Gasteiger partial charge in [-0.2, -0.15) is 0 Å². The molecule has 26 heavy (non-hydrogen) atoms. The fourth-order valence-electron chi connectivity index (χ4n) is 4.24. The average molecular weight is 358 g/mol. The number of aryl methyl sites for hydroxylation is 1. The molecule has 1 aliphatic heterocycles. The van der Waals surface area contributed by atoms with Crippen molar-refractivity contribution >= 4 is 5.65 Å². The number of nitrogens with zero attached hydrogens (tertiary/aromatic N) is 4. The Morgan fingerprint density at radius 1 is 1.27 bits per heavy atom. The van der Waals surface area contributed by atoms with Gasteiger partial charge in [0, 0.05) is 43.5 Å². The minimum Gasteiger partial charge on any atom is -0.299 e. The van der Waals surface area contributed by atoms with Gasteiger partial charge in [0.15, 0.2) is 5.65 Å². The van der Waals surface area contributed by atoms with Crippen molar-refractivity contribution in [2.75, 3.05) is 26.2 Å². The molecule has 1 saturated heterocycles. The van der Waals surface area contributed by atoms with E-state index in [9.17, 15) is 4.79 Å². The van der Waals surface area contributed by atoms with Gasteiger partial charge in [-0.1, -0.05) is 13.8 Å². The summed E-state index contributed by atoms with van der Waals surface area (Å²) in [6.07, 6.45) is 4.02. The van der Waals surface area contributed by atoms with E-state index >= 15 is 0 Å². The maximum Gasteiger partial charge on any atom is 0.272 e. The van der Waals surface area contributed by atoms with Crippen LogP contribution in [-0.4, -0.2) is 56.6 Å². The van der Waals surface area contributed by atoms with E-state index in [1.807, 2.05) is 13.0 Å². The van der Waals surface area contributed by atoms with Crippen LogP contribution < -0.4 is 5.56 Å². The second-order valence-corrected chi connectivity index (χ2v) is 8.56. The fraction of sp³-hybridized carbons (Fsp3) is 0.700. The van der Waals surface area contributed by atoms with Crippen LogP contribution in [0.25, 0.3) is 5.65 Å². The van der Waals surface area contributed by atoms with Gasteiger partial charge in [0.2, 0.25) is 0 Å². The highest BCUT2D eigenvalue weighted by Crippen LogP contribution is 2.32. The summed E-state index contributed by atoms with van der Waals surface area (Å²) in [5.74, 6) is 1.58. The molecule has 0 bridgehead atoms. The van der Waals surface area contributed by atoms with Crippen LogP contribution in [0.4, 0.5) is 0 Å². The lowest BCUT2D eigenvalue weighted by atomic mass is 10.0. The highest BCUT2D eigenvalue weighted by atomic mass is 16.1. The first-order valence-electron chi connectivity index (χ1n) is 10.0. The predicted octanol–water partition coefficient (Wildman–Crippen LogP) is 2.27. The number of rotatable bonds is 5. The first-order chi connectivity index (χ1) is 12.5. The zero-order valence-electron chi connectivity index (χ0n) is 16.2. The van der Waals surface area contributed by atoms with Crippen molar-refractivity contribution in [1.82, 2.24) is 24.4 Å². The van der Waals surface area contributed by atoms with Crippen LogP contribution in [0.1, 0.15) is 44.5 Å². The molecular formula is C20H31N5O. The predicted molar refractivity (Wildman–Crippen MR) is 103 cm³/mol. The van der Waals surface area contributed by atoms with Crippen LogP contribution in [0.3, 0.4) is 0 Å². The third-order valence-corrected chi connectivity index (χ3v) is 5.81. The summed E-state index contributed by atoms with van der Waals surface area (Å²) in [7, 11) is 0. The molecule has 142 valence electrons. The summed E-state index contributed by atoms with van der Waals surface area (Å²) in [6, 6.07) is 4.21. The van der Waals surface area contributed by atoms with Gasteiger partial charge in [-0.05, 0) is 51.1 Å². The molecule has 1 saturated carbocycles. The lowest BCUT2D eigenvalue weighted by Gasteiger charge is -2.34. The molecule has 0 unspecified atom stereocenters. The van der Waals surface area contributed by atoms with Gasteiger partial charge >= 0.3 is 0 Å². The van der Waals surface area contributed by atoms with Crippen LogP contribution in [0.15, 0.2) is 16.9 Å². The zero-order valence-corrected chi connectivity index (χ0v) is 16.2. The first-order valence-corrected chi connectivity index (χ1v) is 10.0. The quantitative estimate of drug-likeness (QED) is 0.892. The summed E-state index contributed by atoms with van der Waals surface area (Å²) in [6.45, 7) is 12.0. The number of hydrogen-bond donors (Lipinski definition) is 1. The van der Waals surface area contributed by atoms with Crippen LogP contribution in [0.2, 0.25) is 0 Å². The van der Waals surface area contributed by atoms with Gasteiger partial charge in [-0.3, -0.25) is 19.7 Å². The Labute approximate surface area is 155 Å². The lowest BCUT2D eigenvalue weighted by Crippen LogP contribution is -2.45. The van der Waals surface area contributed by atoms with Crippen LogP contribution in [-0.2, 0) is 6.54 Å². The van der Waals surface area contributed by atoms with E-state index in [-0.39, 0.29) is 5.56 Å². The molecule has 2 fully saturated rings. The second-order valence-electron chi connectivity index (χ2n) is 8.56. The molecule has 2 aliphatic rings. The molecule has 0 spiro atoms. The lowest BCUT2D eigenvalue weighted by molar-refractivity contribution is 0.131. The van der Waals surface area contributed by atoms with E-state index in [0.29, 0.717) is 12.0 Å². The summed E-state index contributed by atoms with van der Waals surface area (Å²) in [5.41, 5.74) is 2.53. The third kappa shape index (κ3) is 3.86. The maximum atomic E-state index is 12.3. The first kappa shape index (κ1) is 17.7. The van der Waals surface area contributed by atoms with Gasteiger partial charge in [-0.25, -0.2) is 9.50 Å². The molecule has 6 heteroatoms. The van der Waals surface area contributed by atoms with E-state index in [1.54, 1.807) is 6.07 Å². The van der Waals surface area contributed by atoms with Crippen molar-refractivity contribution in [1.29, 1.82) is 0 Å². The smallest absolute Gasteiger partial charge is 0.272 e. The highest BCUT2D eigenvalue weighted by molar-refractivity contribution is 5.39. The van der Waals surface area contributed by atoms with Crippen molar-refractivity contribution in [3.8, 4) is 0 Å². The molecule has 3 heterocycles. The molecule has 2 aromatic rings. The Hall–Kier alpha value is -1.66. The van der Waals surface area contributed by atoms with Crippen LogP contribution in [0, 0.1) is 18.8 Å². The van der Waals surface area contributed by atoms with Gasteiger partial charge in [0.1, 0.15) is 0 Å². The van der Waals surface area contributed by atoms with E-state index in [1.165, 1.54) is 36.9 Å². The van der Waals surface area contributed by atoms with Crippen molar-refractivity contribution in [3.05, 3.63) is 33.9 Å². The van der Waals surface area contributed by atoms with Crippen molar-refractivity contribution in [2.24, 2.45) is 11.8 Å². The minimum absolute atomic E-state index is 0.0244. The molecule has 1 atom stereocenters. The van der Waals surface area contributed by atoms with Gasteiger partial charge in [0.05, 0.1) is 5.69 Å². The molecule has 0 aromatic carbocycles. The SMILES string of the molecule is Cc1cc2nc(CN3CCCN(CC4CC4)[C@H](C(C)C)C3)cc(=O)n2[nH]1. The van der Waals surface area contributed by atoms with Gasteiger partial charge in [-0.15, -0.1) is 0 Å². The fourth-order valence-corrected chi connectivity index (χ4v) is 4.24. The molecule has 4 rings (SSSR count). The van der Waals surface area contributed by atoms with Gasteiger partial charge in [0.25, 0.3) is 5.56 Å². The molecule has 2 aromatic heterocycles. The molecule has 0 radical (unpaired) electrons. The highest BCUT2D eigenvalue weighted by Gasteiger charge is 2.32. The minimum atomic E-state index is -0.0244. The molecular weight excluding hydrogens is 326 g/mol.